The summed E-state index contributed by atoms with van der Waals surface area (Å²) < 4.78 is 12.2. The Bertz CT molecular complexity index is 1390. The van der Waals surface area contributed by atoms with Crippen molar-refractivity contribution >= 4 is 16.9 Å². The Balaban J connectivity index is 0.00000172. The first-order valence-corrected chi connectivity index (χ1v) is 13.7. The van der Waals surface area contributed by atoms with Gasteiger partial charge in [-0.2, -0.15) is 0 Å². The first kappa shape index (κ1) is 28.4. The molecule has 0 amide bonds. The Morgan fingerprint density at radius 2 is 1.72 bits per heavy atom. The van der Waals surface area contributed by atoms with E-state index < -0.39 is 5.97 Å². The summed E-state index contributed by atoms with van der Waals surface area (Å²) in [6, 6.07) is 20.0. The molecule has 0 atom stereocenters. The highest BCUT2D eigenvalue weighted by Crippen LogP contribution is 2.33. The van der Waals surface area contributed by atoms with Crippen molar-refractivity contribution in [3.05, 3.63) is 89.2 Å². The molecule has 0 spiro atoms. The van der Waals surface area contributed by atoms with Crippen molar-refractivity contribution in [2.75, 3.05) is 33.2 Å². The molecule has 1 saturated heterocycles. The van der Waals surface area contributed by atoms with Gasteiger partial charge in [0.15, 0.2) is 0 Å². The van der Waals surface area contributed by atoms with E-state index in [9.17, 15) is 9.90 Å². The van der Waals surface area contributed by atoms with Crippen LogP contribution in [0.1, 0.15) is 36.1 Å². The molecule has 5 rings (SSSR count). The fourth-order valence-electron chi connectivity index (χ4n) is 4.89. The average Bonchev–Trinajstić information content (AvgIpc) is 3.38. The van der Waals surface area contributed by atoms with Gasteiger partial charge in [-0.05, 0) is 48.0 Å². The fourth-order valence-corrected chi connectivity index (χ4v) is 4.89. The number of carboxylic acids is 1. The lowest BCUT2D eigenvalue weighted by molar-refractivity contribution is -0.136. The van der Waals surface area contributed by atoms with Gasteiger partial charge in [0.1, 0.15) is 17.9 Å². The lowest BCUT2D eigenvalue weighted by Gasteiger charge is -2.32. The predicted octanol–water partition coefficient (Wildman–Crippen LogP) is 5.54. The van der Waals surface area contributed by atoms with Crippen LogP contribution in [0.2, 0.25) is 0 Å². The topological polar surface area (TPSA) is 92.2 Å². The zero-order chi connectivity index (χ0) is 27.8. The fraction of sp³-hybridized carbons (Fsp3) is 0.344. The van der Waals surface area contributed by atoms with Gasteiger partial charge in [0.2, 0.25) is 0 Å². The molecule has 0 saturated carbocycles. The molecule has 0 aliphatic carbocycles. The van der Waals surface area contributed by atoms with E-state index in [4.69, 9.17) is 14.9 Å². The van der Waals surface area contributed by atoms with Gasteiger partial charge < -0.3 is 24.9 Å². The number of nitrogens with two attached hydrogens (primary N) is 1. The molecule has 4 aromatic rings. The molecule has 2 heterocycles. The number of hydrogen-bond acceptors (Lipinski definition) is 6. The van der Waals surface area contributed by atoms with Crippen LogP contribution in [0.25, 0.3) is 22.1 Å². The molecular formula is C32H39N3O4. The minimum absolute atomic E-state index is 0.0842. The number of aliphatic carboxylic acids is 1. The van der Waals surface area contributed by atoms with Crippen LogP contribution in [0.5, 0.6) is 5.75 Å². The molecule has 206 valence electrons. The molecule has 7 nitrogen and oxygen atoms in total. The van der Waals surface area contributed by atoms with Crippen LogP contribution < -0.4 is 10.5 Å². The van der Waals surface area contributed by atoms with Gasteiger partial charge in [0.05, 0.1) is 12.7 Å². The number of rotatable bonds is 9. The number of carbonyl (C=O) groups is 1. The van der Waals surface area contributed by atoms with Crippen LogP contribution in [-0.4, -0.2) is 54.1 Å². The largest absolute Gasteiger partial charge is 0.488 e. The van der Waals surface area contributed by atoms with E-state index in [0.717, 1.165) is 71.5 Å². The van der Waals surface area contributed by atoms with E-state index in [1.165, 1.54) is 0 Å². The lowest BCUT2D eigenvalue weighted by atomic mass is 9.97. The Morgan fingerprint density at radius 1 is 0.949 bits per heavy atom. The van der Waals surface area contributed by atoms with Gasteiger partial charge in [-0.3, -0.25) is 9.69 Å². The molecule has 0 bridgehead atoms. The van der Waals surface area contributed by atoms with Gasteiger partial charge in [-0.1, -0.05) is 50.2 Å². The smallest absolute Gasteiger partial charge is 0.307 e. The number of furan rings is 1. The molecule has 39 heavy (non-hydrogen) atoms. The Kier molecular flexibility index (Phi) is 9.76. The minimum atomic E-state index is -0.886. The Hall–Kier alpha value is -3.65. The molecule has 3 aromatic carbocycles. The van der Waals surface area contributed by atoms with Gasteiger partial charge in [-0.15, -0.1) is 0 Å². The molecule has 0 unspecified atom stereocenters. The van der Waals surface area contributed by atoms with Crippen LogP contribution in [0.4, 0.5) is 0 Å². The maximum absolute atomic E-state index is 11.3. The number of likely N-dealkylation sites (N-methyl/N-ethyl adjacent to an activating group) is 1. The Morgan fingerprint density at radius 3 is 2.46 bits per heavy atom. The van der Waals surface area contributed by atoms with E-state index in [-0.39, 0.29) is 13.0 Å². The van der Waals surface area contributed by atoms with Crippen LogP contribution in [-0.2, 0) is 30.9 Å². The molecule has 1 aliphatic rings. The quantitative estimate of drug-likeness (QED) is 0.294. The second-order valence-electron chi connectivity index (χ2n) is 9.72. The zero-order valence-electron chi connectivity index (χ0n) is 23.2. The summed E-state index contributed by atoms with van der Waals surface area (Å²) >= 11 is 0. The van der Waals surface area contributed by atoms with Crippen LogP contribution in [0, 0.1) is 0 Å². The van der Waals surface area contributed by atoms with E-state index >= 15 is 0 Å². The van der Waals surface area contributed by atoms with Gasteiger partial charge in [-0.25, -0.2) is 0 Å². The summed E-state index contributed by atoms with van der Waals surface area (Å²) in [7, 11) is 2.16. The lowest BCUT2D eigenvalue weighted by Crippen LogP contribution is -2.43. The number of nitrogens with zero attached hydrogens (tertiary/aromatic N) is 2. The van der Waals surface area contributed by atoms with Gasteiger partial charge in [0.25, 0.3) is 0 Å². The number of fused-ring (bicyclic) bond motifs is 1. The summed E-state index contributed by atoms with van der Waals surface area (Å²) in [5.41, 5.74) is 12.8. The normalized spacial score (nSPS) is 14.2. The second kappa shape index (κ2) is 13.4. The molecular weight excluding hydrogens is 490 g/mol. The molecule has 1 aromatic heterocycles. The minimum Gasteiger partial charge on any atom is -0.488 e. The van der Waals surface area contributed by atoms with Crippen molar-refractivity contribution in [2.45, 2.75) is 40.0 Å². The summed E-state index contributed by atoms with van der Waals surface area (Å²) in [5.74, 6) is -0.313. The number of piperazine rings is 1. The van der Waals surface area contributed by atoms with Crippen molar-refractivity contribution in [3.63, 3.8) is 0 Å². The van der Waals surface area contributed by atoms with E-state index in [2.05, 4.69) is 41.1 Å². The zero-order valence-corrected chi connectivity index (χ0v) is 23.2. The van der Waals surface area contributed by atoms with Crippen molar-refractivity contribution in [1.29, 1.82) is 0 Å². The van der Waals surface area contributed by atoms with Crippen molar-refractivity contribution in [2.24, 2.45) is 5.73 Å². The maximum atomic E-state index is 11.3. The van der Waals surface area contributed by atoms with Crippen molar-refractivity contribution in [3.8, 4) is 16.9 Å². The predicted molar refractivity (Wildman–Crippen MR) is 156 cm³/mol. The summed E-state index contributed by atoms with van der Waals surface area (Å²) in [5, 5.41) is 10.3. The Labute approximate surface area is 230 Å². The van der Waals surface area contributed by atoms with Gasteiger partial charge >= 0.3 is 5.97 Å². The first-order valence-electron chi connectivity index (χ1n) is 13.7. The van der Waals surface area contributed by atoms with Crippen molar-refractivity contribution in [1.82, 2.24) is 9.80 Å². The first-order chi connectivity index (χ1) is 19.0. The summed E-state index contributed by atoms with van der Waals surface area (Å²) in [4.78, 5) is 16.1. The molecule has 1 fully saturated rings. The SMILES string of the molecule is CC.CN1CCN(Cc2cc(-c3cccc(CN)c3)cc3c(COc4ccccc4CC(=O)O)coc23)CC1. The molecule has 7 heteroatoms. The highest BCUT2D eigenvalue weighted by atomic mass is 16.5. The molecule has 0 radical (unpaired) electrons. The third-order valence-corrected chi connectivity index (χ3v) is 7.01. The summed E-state index contributed by atoms with van der Waals surface area (Å²) in [6.45, 7) is 9.71. The third kappa shape index (κ3) is 7.06. The van der Waals surface area contributed by atoms with Crippen LogP contribution >= 0.6 is 0 Å². The van der Waals surface area contributed by atoms with E-state index in [1.807, 2.05) is 44.2 Å². The summed E-state index contributed by atoms with van der Waals surface area (Å²) in [6.07, 6.45) is 1.68. The van der Waals surface area contributed by atoms with Crippen LogP contribution in [0.15, 0.2) is 71.3 Å². The van der Waals surface area contributed by atoms with Gasteiger partial charge in [0, 0.05) is 61.3 Å². The highest BCUT2D eigenvalue weighted by molar-refractivity contribution is 5.89. The number of para-hydroxylation sites is 1. The average molecular weight is 530 g/mol. The highest BCUT2D eigenvalue weighted by Gasteiger charge is 2.19. The number of hydrogen-bond donors (Lipinski definition) is 2. The number of carboxylic acid groups (broad SMARTS) is 1. The standard InChI is InChI=1S/C30H33N3O4.C2H6/c1-32-9-11-33(12-10-32)18-25-14-24(22-7-4-5-21(13-22)17-31)15-27-26(20-37-30(25)27)19-36-28-8-3-2-6-23(28)16-29(34)35;1-2/h2-8,13-15,20H,9-12,16-19,31H2,1H3,(H,34,35);1-2H3. The van der Waals surface area contributed by atoms with Crippen molar-refractivity contribution < 1.29 is 19.1 Å². The van der Waals surface area contributed by atoms with Crippen LogP contribution in [0.3, 0.4) is 0 Å². The monoisotopic (exact) mass is 529 g/mol. The number of ether oxygens (including phenoxy) is 1. The second-order valence-corrected chi connectivity index (χ2v) is 9.72. The van der Waals surface area contributed by atoms with E-state index in [1.54, 1.807) is 12.3 Å². The maximum Gasteiger partial charge on any atom is 0.307 e. The third-order valence-electron chi connectivity index (χ3n) is 7.01. The molecule has 1 aliphatic heterocycles. The number of benzene rings is 3. The molecule has 3 N–H and O–H groups in total. The van der Waals surface area contributed by atoms with E-state index in [0.29, 0.717) is 17.9 Å².